The molecule has 0 aromatic heterocycles. The summed E-state index contributed by atoms with van der Waals surface area (Å²) in [6, 6.07) is 13.3. The highest BCUT2D eigenvalue weighted by Crippen LogP contribution is 2.28. The van der Waals surface area contributed by atoms with Gasteiger partial charge in [-0.1, -0.05) is 25.1 Å². The summed E-state index contributed by atoms with van der Waals surface area (Å²) in [7, 11) is 1.63. The average Bonchev–Trinajstić information content (AvgIpc) is 2.77. The first-order valence-corrected chi connectivity index (χ1v) is 8.17. The van der Waals surface area contributed by atoms with Crippen molar-refractivity contribution in [3.8, 4) is 5.75 Å². The Morgan fingerprint density at radius 2 is 1.92 bits per heavy atom. The maximum absolute atomic E-state index is 12.4. The van der Waals surface area contributed by atoms with Crippen LogP contribution in [-0.2, 0) is 4.79 Å². The van der Waals surface area contributed by atoms with Gasteiger partial charge in [0.05, 0.1) is 12.8 Å². The Morgan fingerprint density at radius 1 is 1.20 bits per heavy atom. The molecule has 2 aromatic rings. The van der Waals surface area contributed by atoms with Crippen LogP contribution in [0.5, 0.6) is 5.75 Å². The third kappa shape index (κ3) is 3.26. The minimum absolute atomic E-state index is 0.0542. The van der Waals surface area contributed by atoms with Crippen molar-refractivity contribution >= 4 is 23.4 Å². The number of nitrogen functional groups attached to an aromatic ring is 1. The van der Waals surface area contributed by atoms with E-state index in [4.69, 9.17) is 10.5 Å². The van der Waals surface area contributed by atoms with Gasteiger partial charge in [0, 0.05) is 28.9 Å². The molecule has 0 radical (unpaired) electrons. The van der Waals surface area contributed by atoms with Crippen molar-refractivity contribution in [1.29, 1.82) is 0 Å². The van der Waals surface area contributed by atoms with E-state index in [0.717, 1.165) is 28.1 Å². The Balaban J connectivity index is 2.24. The van der Waals surface area contributed by atoms with Crippen LogP contribution in [0.3, 0.4) is 0 Å². The lowest BCUT2D eigenvalue weighted by Crippen LogP contribution is -2.24. The zero-order valence-electron chi connectivity index (χ0n) is 14.6. The van der Waals surface area contributed by atoms with Gasteiger partial charge in [-0.25, -0.2) is 5.01 Å². The van der Waals surface area contributed by atoms with Crippen LogP contribution in [0.1, 0.15) is 37.0 Å². The number of benzene rings is 2. The molecule has 0 unspecified atom stereocenters. The van der Waals surface area contributed by atoms with Crippen molar-refractivity contribution in [1.82, 2.24) is 5.01 Å². The van der Waals surface area contributed by atoms with Crippen LogP contribution >= 0.6 is 0 Å². The number of methoxy groups -OCH3 is 1. The Hall–Kier alpha value is -3.08. The molecular formula is C20H21N3O2. The van der Waals surface area contributed by atoms with Gasteiger partial charge >= 0.3 is 0 Å². The number of hydrogen-bond acceptors (Lipinski definition) is 4. The number of allylic oxidation sites excluding steroid dienone is 1. The van der Waals surface area contributed by atoms with Crippen LogP contribution < -0.4 is 10.5 Å². The first-order chi connectivity index (χ1) is 12.0. The van der Waals surface area contributed by atoms with Gasteiger partial charge in [0.15, 0.2) is 0 Å². The van der Waals surface area contributed by atoms with Crippen LogP contribution in [0.25, 0.3) is 6.08 Å². The summed E-state index contributed by atoms with van der Waals surface area (Å²) in [5.41, 5.74) is 10.8. The molecule has 0 saturated carbocycles. The fourth-order valence-electron chi connectivity index (χ4n) is 2.77. The smallest absolute Gasteiger partial charge is 0.246 e. The van der Waals surface area contributed by atoms with E-state index >= 15 is 0 Å². The molecule has 2 N–H and O–H groups in total. The van der Waals surface area contributed by atoms with Crippen LogP contribution in [0, 0.1) is 0 Å². The number of carbonyl (C=O) groups is 1. The largest absolute Gasteiger partial charge is 0.497 e. The van der Waals surface area contributed by atoms with Gasteiger partial charge < -0.3 is 10.5 Å². The second-order valence-corrected chi connectivity index (χ2v) is 5.87. The minimum Gasteiger partial charge on any atom is -0.497 e. The summed E-state index contributed by atoms with van der Waals surface area (Å²) in [6.45, 7) is 3.71. The summed E-state index contributed by atoms with van der Waals surface area (Å²) in [5.74, 6) is 0.685. The third-order valence-corrected chi connectivity index (χ3v) is 4.14. The Bertz CT molecular complexity index is 867. The number of hydrogen-bond donors (Lipinski definition) is 1. The van der Waals surface area contributed by atoms with Gasteiger partial charge in [0.2, 0.25) is 5.91 Å². The molecule has 1 amide bonds. The van der Waals surface area contributed by atoms with Crippen molar-refractivity contribution in [2.75, 3.05) is 12.8 Å². The van der Waals surface area contributed by atoms with Crippen LogP contribution in [0.2, 0.25) is 0 Å². The van der Waals surface area contributed by atoms with E-state index in [9.17, 15) is 4.79 Å². The lowest BCUT2D eigenvalue weighted by Gasteiger charge is -2.17. The lowest BCUT2D eigenvalue weighted by molar-refractivity contribution is -0.128. The molecule has 0 fully saturated rings. The predicted octanol–water partition coefficient (Wildman–Crippen LogP) is 3.64. The predicted molar refractivity (Wildman–Crippen MR) is 100 cm³/mol. The zero-order chi connectivity index (χ0) is 18.0. The second kappa shape index (κ2) is 6.81. The van der Waals surface area contributed by atoms with Crippen molar-refractivity contribution in [3.05, 3.63) is 64.9 Å². The number of amides is 1. The summed E-state index contributed by atoms with van der Waals surface area (Å²) < 4.78 is 5.37. The fourth-order valence-corrected chi connectivity index (χ4v) is 2.77. The number of fused-ring (bicyclic) bond motifs is 1. The average molecular weight is 335 g/mol. The first-order valence-electron chi connectivity index (χ1n) is 8.17. The second-order valence-electron chi connectivity index (χ2n) is 5.87. The van der Waals surface area contributed by atoms with Gasteiger partial charge in [-0.15, -0.1) is 0 Å². The number of anilines is 1. The van der Waals surface area contributed by atoms with Crippen LogP contribution in [0.4, 0.5) is 5.69 Å². The first kappa shape index (κ1) is 16.8. The van der Waals surface area contributed by atoms with Gasteiger partial charge in [-0.05, 0) is 42.8 Å². The van der Waals surface area contributed by atoms with Gasteiger partial charge in [0.25, 0.3) is 0 Å². The van der Waals surface area contributed by atoms with E-state index in [1.165, 1.54) is 5.01 Å². The summed E-state index contributed by atoms with van der Waals surface area (Å²) in [6.07, 6.45) is 2.35. The van der Waals surface area contributed by atoms with E-state index in [1.807, 2.05) is 62.4 Å². The van der Waals surface area contributed by atoms with Crippen LogP contribution in [-0.4, -0.2) is 23.7 Å². The quantitative estimate of drug-likeness (QED) is 0.871. The van der Waals surface area contributed by atoms with Gasteiger partial charge in [-0.3, -0.25) is 4.79 Å². The molecule has 0 saturated heterocycles. The molecule has 128 valence electrons. The lowest BCUT2D eigenvalue weighted by atomic mass is 9.97. The SMILES string of the molecule is CCC(=O)N1N=C(c2ccc(N)cc2)c2cc(OC)ccc2C=C1C. The molecule has 3 rings (SSSR count). The number of carbonyl (C=O) groups excluding carboxylic acids is 1. The molecule has 2 aromatic carbocycles. The number of rotatable bonds is 3. The molecular weight excluding hydrogens is 314 g/mol. The van der Waals surface area contributed by atoms with Gasteiger partial charge in [0.1, 0.15) is 5.75 Å². The highest BCUT2D eigenvalue weighted by Gasteiger charge is 2.22. The molecule has 1 aliphatic heterocycles. The van der Waals surface area contributed by atoms with E-state index < -0.39 is 0 Å². The van der Waals surface area contributed by atoms with E-state index in [1.54, 1.807) is 7.11 Å². The van der Waals surface area contributed by atoms with E-state index in [-0.39, 0.29) is 5.91 Å². The standard InChI is InChI=1S/C20H21N3O2/c1-4-19(24)23-13(2)11-15-7-10-17(25-3)12-18(15)20(22-23)14-5-8-16(21)9-6-14/h5-12H,4,21H2,1-3H3. The van der Waals surface area contributed by atoms with Crippen molar-refractivity contribution < 1.29 is 9.53 Å². The van der Waals surface area contributed by atoms with Crippen molar-refractivity contribution in [3.63, 3.8) is 0 Å². The molecule has 1 aliphatic rings. The maximum Gasteiger partial charge on any atom is 0.246 e. The Labute approximate surface area is 147 Å². The van der Waals surface area contributed by atoms with Crippen molar-refractivity contribution in [2.45, 2.75) is 20.3 Å². The topological polar surface area (TPSA) is 67.9 Å². The van der Waals surface area contributed by atoms with Gasteiger partial charge in [-0.2, -0.15) is 5.10 Å². The molecule has 5 nitrogen and oxygen atoms in total. The molecule has 25 heavy (non-hydrogen) atoms. The number of nitrogens with two attached hydrogens (primary N) is 1. The van der Waals surface area contributed by atoms with E-state index in [0.29, 0.717) is 17.8 Å². The highest BCUT2D eigenvalue weighted by atomic mass is 16.5. The Morgan fingerprint density at radius 3 is 2.56 bits per heavy atom. The molecule has 0 bridgehead atoms. The summed E-state index contributed by atoms with van der Waals surface area (Å²) in [4.78, 5) is 12.4. The molecule has 5 heteroatoms. The Kier molecular flexibility index (Phi) is 4.57. The van der Waals surface area contributed by atoms with E-state index in [2.05, 4.69) is 5.10 Å². The molecule has 0 atom stereocenters. The summed E-state index contributed by atoms with van der Waals surface area (Å²) >= 11 is 0. The minimum atomic E-state index is -0.0542. The third-order valence-electron chi connectivity index (χ3n) is 4.14. The van der Waals surface area contributed by atoms with Crippen LogP contribution in [0.15, 0.2) is 53.3 Å². The molecule has 0 spiro atoms. The normalized spacial score (nSPS) is 13.5. The number of nitrogens with zero attached hydrogens (tertiary/aromatic N) is 2. The summed E-state index contributed by atoms with van der Waals surface area (Å²) in [5, 5.41) is 6.15. The number of ether oxygens (including phenoxy) is 1. The zero-order valence-corrected chi connectivity index (χ0v) is 14.6. The highest BCUT2D eigenvalue weighted by molar-refractivity contribution is 6.15. The maximum atomic E-state index is 12.4. The molecule has 0 aliphatic carbocycles. The molecule has 1 heterocycles. The number of hydrazone groups is 1. The van der Waals surface area contributed by atoms with Crippen molar-refractivity contribution in [2.24, 2.45) is 5.10 Å². The fraction of sp³-hybridized carbons (Fsp3) is 0.200. The monoisotopic (exact) mass is 335 g/mol.